The molecule has 0 unspecified atom stereocenters. The third-order valence-corrected chi connectivity index (χ3v) is 4.07. The second-order valence-corrected chi connectivity index (χ2v) is 5.47. The van der Waals surface area contributed by atoms with E-state index in [9.17, 15) is 39.6 Å². The van der Waals surface area contributed by atoms with E-state index in [2.05, 4.69) is 0 Å². The van der Waals surface area contributed by atoms with Gasteiger partial charge in [-0.1, -0.05) is 6.07 Å². The first-order chi connectivity index (χ1) is 11.7. The molecule has 126 valence electrons. The number of aromatic carboxylic acids is 2. The minimum atomic E-state index is -1.56. The number of aliphatic carboxylic acids is 2. The molecule has 2 aromatic rings. The predicted molar refractivity (Wildman–Crippen MR) is 83.8 cm³/mol. The summed E-state index contributed by atoms with van der Waals surface area (Å²) in [5.41, 5.74) is -1.49. The summed E-state index contributed by atoms with van der Waals surface area (Å²) in [6.07, 6.45) is -0.315. The maximum absolute atomic E-state index is 11.7. The van der Waals surface area contributed by atoms with Crippen molar-refractivity contribution in [1.29, 1.82) is 0 Å². The lowest BCUT2D eigenvalue weighted by Crippen LogP contribution is -2.19. The van der Waals surface area contributed by atoms with Crippen molar-refractivity contribution in [2.24, 2.45) is 0 Å². The van der Waals surface area contributed by atoms with Crippen molar-refractivity contribution in [3.8, 4) is 0 Å². The monoisotopic (exact) mass is 342 g/mol. The van der Waals surface area contributed by atoms with Gasteiger partial charge in [0.25, 0.3) is 0 Å². The largest absolute Gasteiger partial charge is 0.478 e. The van der Waals surface area contributed by atoms with Gasteiger partial charge in [0.05, 0.1) is 22.3 Å². The highest BCUT2D eigenvalue weighted by atomic mass is 16.4. The average molecular weight is 342 g/mol. The van der Waals surface area contributed by atoms with Crippen molar-refractivity contribution in [2.45, 2.75) is 6.42 Å². The van der Waals surface area contributed by atoms with Crippen LogP contribution in [-0.2, 0) is 16.0 Å². The van der Waals surface area contributed by atoms with Crippen molar-refractivity contribution in [3.63, 3.8) is 0 Å². The Labute approximate surface area is 139 Å². The molecule has 0 atom stereocenters. The molecule has 0 bridgehead atoms. The molecule has 0 spiro atoms. The number of rotatable bonds is 4. The number of hydrogen-bond donors (Lipinski definition) is 4. The first-order valence-corrected chi connectivity index (χ1v) is 6.98. The molecule has 0 heterocycles. The fourth-order valence-electron chi connectivity index (χ4n) is 3.10. The molecule has 1 aliphatic carbocycles. The summed E-state index contributed by atoms with van der Waals surface area (Å²) in [7, 11) is 0. The average Bonchev–Trinajstić information content (AvgIpc) is 2.53. The van der Waals surface area contributed by atoms with Crippen LogP contribution in [0, 0.1) is 0 Å². The highest BCUT2D eigenvalue weighted by Gasteiger charge is 2.33. The van der Waals surface area contributed by atoms with Crippen molar-refractivity contribution < 1.29 is 39.6 Å². The molecule has 25 heavy (non-hydrogen) atoms. The maximum atomic E-state index is 11.7. The zero-order chi connectivity index (χ0) is 18.5. The Balaban J connectivity index is 2.54. The van der Waals surface area contributed by atoms with Gasteiger partial charge in [0.2, 0.25) is 0 Å². The van der Waals surface area contributed by atoms with E-state index < -0.39 is 35.0 Å². The molecule has 0 saturated heterocycles. The van der Waals surface area contributed by atoms with Crippen LogP contribution in [0.15, 0.2) is 29.8 Å². The number of carbonyl (C=O) groups is 4. The topological polar surface area (TPSA) is 149 Å². The summed E-state index contributed by atoms with van der Waals surface area (Å²) in [5, 5.41) is 38.0. The molecule has 3 rings (SSSR count). The predicted octanol–water partition coefficient (Wildman–Crippen LogP) is 1.72. The Morgan fingerprint density at radius 1 is 0.800 bits per heavy atom. The van der Waals surface area contributed by atoms with Crippen LogP contribution in [0.3, 0.4) is 0 Å². The smallest absolute Gasteiger partial charge is 0.336 e. The van der Waals surface area contributed by atoms with Crippen LogP contribution in [-0.4, -0.2) is 44.3 Å². The van der Waals surface area contributed by atoms with Crippen molar-refractivity contribution in [3.05, 3.63) is 52.1 Å². The van der Waals surface area contributed by atoms with Crippen LogP contribution < -0.4 is 0 Å². The molecule has 1 aliphatic rings. The number of benzene rings is 2. The molecule has 0 fully saturated rings. The molecule has 4 N–H and O–H groups in total. The highest BCUT2D eigenvalue weighted by molar-refractivity contribution is 6.28. The van der Waals surface area contributed by atoms with Gasteiger partial charge in [-0.15, -0.1) is 0 Å². The Morgan fingerprint density at radius 2 is 1.48 bits per heavy atom. The van der Waals surface area contributed by atoms with E-state index in [4.69, 9.17) is 0 Å². The molecule has 0 aromatic heterocycles. The molecule has 8 heteroatoms. The first kappa shape index (κ1) is 16.2. The van der Waals surface area contributed by atoms with Crippen molar-refractivity contribution >= 4 is 40.2 Å². The van der Waals surface area contributed by atoms with Crippen LogP contribution in [0.2, 0.25) is 0 Å². The van der Waals surface area contributed by atoms with Gasteiger partial charge in [-0.2, -0.15) is 0 Å². The zero-order valence-corrected chi connectivity index (χ0v) is 12.4. The van der Waals surface area contributed by atoms with E-state index >= 15 is 0 Å². The fraction of sp³-hybridized carbons (Fsp3) is 0.0588. The van der Waals surface area contributed by atoms with Gasteiger partial charge in [-0.25, -0.2) is 19.2 Å². The second kappa shape index (κ2) is 5.45. The van der Waals surface area contributed by atoms with Crippen LogP contribution in [0.25, 0.3) is 16.3 Å². The molecule has 2 aromatic carbocycles. The Bertz CT molecular complexity index is 1030. The van der Waals surface area contributed by atoms with Gasteiger partial charge in [0.1, 0.15) is 0 Å². The summed E-state index contributed by atoms with van der Waals surface area (Å²) >= 11 is 0. The zero-order valence-electron chi connectivity index (χ0n) is 12.4. The summed E-state index contributed by atoms with van der Waals surface area (Å²) in [4.78, 5) is 46.0. The lowest BCUT2D eigenvalue weighted by molar-refractivity contribution is -0.134. The number of carboxylic acids is 4. The molecule has 0 saturated carbocycles. The van der Waals surface area contributed by atoms with Gasteiger partial charge in [-0.3, -0.25) is 0 Å². The fourth-order valence-corrected chi connectivity index (χ4v) is 3.10. The van der Waals surface area contributed by atoms with E-state index in [0.29, 0.717) is 5.39 Å². The minimum Gasteiger partial charge on any atom is -0.478 e. The van der Waals surface area contributed by atoms with E-state index in [1.807, 2.05) is 0 Å². The maximum Gasteiger partial charge on any atom is 0.336 e. The second-order valence-electron chi connectivity index (χ2n) is 5.47. The third-order valence-electron chi connectivity index (χ3n) is 4.07. The number of hydrogen-bond acceptors (Lipinski definition) is 4. The Hall–Kier alpha value is -3.68. The van der Waals surface area contributed by atoms with E-state index in [0.717, 1.165) is 6.07 Å². The quantitative estimate of drug-likeness (QED) is 0.656. The summed E-state index contributed by atoms with van der Waals surface area (Å²) in [6, 6.07) is 5.05. The summed E-state index contributed by atoms with van der Waals surface area (Å²) in [6.45, 7) is 0. The van der Waals surface area contributed by atoms with Gasteiger partial charge in [0, 0.05) is 12.0 Å². The lowest BCUT2D eigenvalue weighted by Gasteiger charge is -2.22. The molecule has 8 nitrogen and oxygen atoms in total. The lowest BCUT2D eigenvalue weighted by atomic mass is 9.80. The highest BCUT2D eigenvalue weighted by Crippen LogP contribution is 2.39. The van der Waals surface area contributed by atoms with E-state index in [1.54, 1.807) is 0 Å². The molecular weight excluding hydrogens is 332 g/mol. The van der Waals surface area contributed by atoms with Crippen LogP contribution in [0.5, 0.6) is 0 Å². The number of carboxylic acid groups (broad SMARTS) is 4. The van der Waals surface area contributed by atoms with Gasteiger partial charge in [0.15, 0.2) is 0 Å². The van der Waals surface area contributed by atoms with Crippen molar-refractivity contribution in [2.75, 3.05) is 0 Å². The van der Waals surface area contributed by atoms with Gasteiger partial charge >= 0.3 is 23.9 Å². The van der Waals surface area contributed by atoms with E-state index in [-0.39, 0.29) is 34.1 Å². The first-order valence-electron chi connectivity index (χ1n) is 6.98. The van der Waals surface area contributed by atoms with Crippen molar-refractivity contribution in [1.82, 2.24) is 0 Å². The van der Waals surface area contributed by atoms with Crippen LogP contribution in [0.1, 0.15) is 31.8 Å². The third kappa shape index (κ3) is 2.40. The van der Waals surface area contributed by atoms with E-state index in [1.165, 1.54) is 18.2 Å². The molecule has 0 amide bonds. The van der Waals surface area contributed by atoms with Crippen LogP contribution in [0.4, 0.5) is 0 Å². The summed E-state index contributed by atoms with van der Waals surface area (Å²) < 4.78 is 0. The normalized spacial score (nSPS) is 13.0. The molecular formula is C17H10O8. The Kier molecular flexibility index (Phi) is 3.53. The minimum absolute atomic E-state index is 0.0972. The SMILES string of the molecule is O=C(O)C1=C(C(=O)O)c2c(C(=O)O)ccc3cc(C(=O)O)cc(c23)C1. The standard InChI is InChI=1S/C17H10O8/c18-14(19)8-3-6-1-2-9(15(20)21)12-11(6)7(4-8)5-10(16(22)23)13(12)17(24)25/h1-4H,5H2,(H,18,19)(H,20,21)(H,22,23)(H,24,25). The van der Waals surface area contributed by atoms with Gasteiger partial charge in [-0.05, 0) is 34.5 Å². The van der Waals surface area contributed by atoms with Crippen LogP contribution >= 0.6 is 0 Å². The molecule has 0 radical (unpaired) electrons. The molecule has 0 aliphatic heterocycles. The summed E-state index contributed by atoms with van der Waals surface area (Å²) in [5.74, 6) is -5.69. The Morgan fingerprint density at radius 3 is 2.00 bits per heavy atom. The van der Waals surface area contributed by atoms with Gasteiger partial charge < -0.3 is 20.4 Å².